The fourth-order valence-corrected chi connectivity index (χ4v) is 1.16. The van der Waals surface area contributed by atoms with Crippen molar-refractivity contribution in [3.8, 4) is 0 Å². The Bertz CT molecular complexity index is 339. The van der Waals surface area contributed by atoms with Crippen molar-refractivity contribution in [1.82, 2.24) is 0 Å². The summed E-state index contributed by atoms with van der Waals surface area (Å²) in [5, 5.41) is 2.72. The van der Waals surface area contributed by atoms with Crippen LogP contribution in [-0.2, 0) is 16.1 Å². The zero-order valence-corrected chi connectivity index (χ0v) is 10.9. The number of carbonyl (C=O) groups is 1. The highest BCUT2D eigenvalue weighted by atomic mass is 35.5. The maximum atomic E-state index is 11.3. The van der Waals surface area contributed by atoms with Crippen LogP contribution in [0.2, 0.25) is 0 Å². The second-order valence-electron chi connectivity index (χ2n) is 3.61. The Labute approximate surface area is 108 Å². The number of nitrogens with one attached hydrogen (secondary N) is 1. The number of anilines is 1. The first kappa shape index (κ1) is 15.9. The van der Waals surface area contributed by atoms with Gasteiger partial charge in [0, 0.05) is 12.3 Å². The molecule has 1 aromatic rings. The van der Waals surface area contributed by atoms with Gasteiger partial charge in [-0.2, -0.15) is 0 Å². The van der Waals surface area contributed by atoms with Crippen LogP contribution in [0.25, 0.3) is 0 Å². The number of benzene rings is 1. The van der Waals surface area contributed by atoms with Gasteiger partial charge in [0.1, 0.15) is 0 Å². The van der Waals surface area contributed by atoms with E-state index in [1.54, 1.807) is 6.92 Å². The molecule has 1 rings (SSSR count). The summed E-state index contributed by atoms with van der Waals surface area (Å²) in [7, 11) is 0. The minimum absolute atomic E-state index is 0. The molecule has 96 valence electrons. The van der Waals surface area contributed by atoms with Crippen LogP contribution in [0, 0.1) is 0 Å². The molecule has 0 aliphatic rings. The quantitative estimate of drug-likeness (QED) is 0.848. The largest absolute Gasteiger partial charge is 0.377 e. The Morgan fingerprint density at radius 2 is 2.00 bits per heavy atom. The maximum absolute atomic E-state index is 11.3. The highest BCUT2D eigenvalue weighted by Gasteiger charge is 2.06. The molecule has 0 radical (unpaired) electrons. The number of halogens is 1. The van der Waals surface area contributed by atoms with Crippen LogP contribution in [0.15, 0.2) is 24.3 Å². The molecule has 17 heavy (non-hydrogen) atoms. The lowest BCUT2D eigenvalue weighted by Gasteiger charge is -2.08. The Kier molecular flexibility index (Phi) is 7.54. The van der Waals surface area contributed by atoms with Gasteiger partial charge in [-0.3, -0.25) is 4.79 Å². The van der Waals surface area contributed by atoms with E-state index in [4.69, 9.17) is 10.5 Å². The van der Waals surface area contributed by atoms with Crippen molar-refractivity contribution < 1.29 is 9.53 Å². The molecule has 5 heteroatoms. The lowest BCUT2D eigenvalue weighted by atomic mass is 10.2. The SMILES string of the molecule is CCOCc1ccc(NC(=O)[C@@H](C)N)cc1.Cl. The van der Waals surface area contributed by atoms with Gasteiger partial charge >= 0.3 is 0 Å². The zero-order valence-electron chi connectivity index (χ0n) is 10.1. The molecule has 0 spiro atoms. The summed E-state index contributed by atoms with van der Waals surface area (Å²) >= 11 is 0. The lowest BCUT2D eigenvalue weighted by Crippen LogP contribution is -2.32. The van der Waals surface area contributed by atoms with E-state index in [0.717, 1.165) is 11.3 Å². The highest BCUT2D eigenvalue weighted by molar-refractivity contribution is 5.94. The van der Waals surface area contributed by atoms with E-state index in [0.29, 0.717) is 13.2 Å². The van der Waals surface area contributed by atoms with Crippen molar-refractivity contribution >= 4 is 24.0 Å². The Balaban J connectivity index is 0.00000256. The van der Waals surface area contributed by atoms with Gasteiger partial charge in [-0.05, 0) is 31.5 Å². The summed E-state index contributed by atoms with van der Waals surface area (Å²) in [6, 6.07) is 7.03. The van der Waals surface area contributed by atoms with Gasteiger partial charge in [0.05, 0.1) is 12.6 Å². The van der Waals surface area contributed by atoms with Gasteiger partial charge in [0.2, 0.25) is 5.91 Å². The van der Waals surface area contributed by atoms with E-state index < -0.39 is 6.04 Å². The summed E-state index contributed by atoms with van der Waals surface area (Å²) in [5.41, 5.74) is 7.28. The highest BCUT2D eigenvalue weighted by Crippen LogP contribution is 2.10. The Hall–Kier alpha value is -1.10. The zero-order chi connectivity index (χ0) is 12.0. The molecule has 0 aliphatic heterocycles. The molecule has 0 unspecified atom stereocenters. The monoisotopic (exact) mass is 258 g/mol. The van der Waals surface area contributed by atoms with E-state index in [-0.39, 0.29) is 18.3 Å². The summed E-state index contributed by atoms with van der Waals surface area (Å²) < 4.78 is 5.27. The van der Waals surface area contributed by atoms with Gasteiger partial charge in [-0.1, -0.05) is 12.1 Å². The molecule has 1 amide bonds. The molecule has 1 aromatic carbocycles. The topological polar surface area (TPSA) is 64.3 Å². The molecular weight excluding hydrogens is 240 g/mol. The minimum atomic E-state index is -0.497. The minimum Gasteiger partial charge on any atom is -0.377 e. The van der Waals surface area contributed by atoms with Crippen molar-refractivity contribution in [3.05, 3.63) is 29.8 Å². The van der Waals surface area contributed by atoms with Crippen LogP contribution in [0.4, 0.5) is 5.69 Å². The molecule has 1 atom stereocenters. The van der Waals surface area contributed by atoms with Crippen LogP contribution in [0.3, 0.4) is 0 Å². The van der Waals surface area contributed by atoms with Crippen LogP contribution in [0.1, 0.15) is 19.4 Å². The number of rotatable bonds is 5. The molecule has 3 N–H and O–H groups in total. The third kappa shape index (κ3) is 5.68. The molecule has 0 heterocycles. The summed E-state index contributed by atoms with van der Waals surface area (Å²) in [6.45, 7) is 4.90. The van der Waals surface area contributed by atoms with Crippen LogP contribution >= 0.6 is 12.4 Å². The van der Waals surface area contributed by atoms with E-state index >= 15 is 0 Å². The third-order valence-electron chi connectivity index (χ3n) is 2.11. The van der Waals surface area contributed by atoms with E-state index in [1.807, 2.05) is 31.2 Å². The summed E-state index contributed by atoms with van der Waals surface area (Å²) in [5.74, 6) is -0.183. The molecule has 0 fully saturated rings. The molecule has 0 saturated heterocycles. The van der Waals surface area contributed by atoms with E-state index in [2.05, 4.69) is 5.32 Å². The number of carbonyl (C=O) groups excluding carboxylic acids is 1. The lowest BCUT2D eigenvalue weighted by molar-refractivity contribution is -0.117. The fourth-order valence-electron chi connectivity index (χ4n) is 1.16. The van der Waals surface area contributed by atoms with E-state index in [1.165, 1.54) is 0 Å². The maximum Gasteiger partial charge on any atom is 0.240 e. The average Bonchev–Trinajstić information content (AvgIpc) is 2.28. The molecular formula is C12H19ClN2O2. The van der Waals surface area contributed by atoms with Crippen molar-refractivity contribution in [2.45, 2.75) is 26.5 Å². The number of ether oxygens (including phenoxy) is 1. The second kappa shape index (κ2) is 8.06. The number of nitrogens with two attached hydrogens (primary N) is 1. The van der Waals surface area contributed by atoms with Crippen molar-refractivity contribution in [2.75, 3.05) is 11.9 Å². The van der Waals surface area contributed by atoms with Gasteiger partial charge in [0.15, 0.2) is 0 Å². The van der Waals surface area contributed by atoms with Crippen LogP contribution in [-0.4, -0.2) is 18.6 Å². The van der Waals surface area contributed by atoms with Gasteiger partial charge in [-0.15, -0.1) is 12.4 Å². The fraction of sp³-hybridized carbons (Fsp3) is 0.417. The standard InChI is InChI=1S/C12H18N2O2.ClH/c1-3-16-8-10-4-6-11(7-5-10)14-12(15)9(2)13;/h4-7,9H,3,8,13H2,1-2H3,(H,14,15);1H/t9-;/m1./s1. The van der Waals surface area contributed by atoms with Crippen molar-refractivity contribution in [1.29, 1.82) is 0 Å². The van der Waals surface area contributed by atoms with Gasteiger partial charge in [0.25, 0.3) is 0 Å². The van der Waals surface area contributed by atoms with E-state index in [9.17, 15) is 4.79 Å². The Morgan fingerprint density at radius 1 is 1.41 bits per heavy atom. The molecule has 0 aromatic heterocycles. The number of amides is 1. The number of hydrogen-bond donors (Lipinski definition) is 2. The summed E-state index contributed by atoms with van der Waals surface area (Å²) in [4.78, 5) is 11.3. The molecule has 4 nitrogen and oxygen atoms in total. The smallest absolute Gasteiger partial charge is 0.240 e. The predicted octanol–water partition coefficient (Wildman–Crippen LogP) is 1.93. The molecule has 0 saturated carbocycles. The number of hydrogen-bond acceptors (Lipinski definition) is 3. The van der Waals surface area contributed by atoms with Crippen molar-refractivity contribution in [3.63, 3.8) is 0 Å². The van der Waals surface area contributed by atoms with Gasteiger partial charge in [-0.25, -0.2) is 0 Å². The normalized spacial score (nSPS) is 11.5. The molecule has 0 aliphatic carbocycles. The van der Waals surface area contributed by atoms with Crippen molar-refractivity contribution in [2.24, 2.45) is 5.73 Å². The Morgan fingerprint density at radius 3 is 2.47 bits per heavy atom. The average molecular weight is 259 g/mol. The van der Waals surface area contributed by atoms with Crippen LogP contribution in [0.5, 0.6) is 0 Å². The first-order chi connectivity index (χ1) is 7.63. The van der Waals surface area contributed by atoms with Gasteiger partial charge < -0.3 is 15.8 Å². The first-order valence-electron chi connectivity index (χ1n) is 5.36. The summed E-state index contributed by atoms with van der Waals surface area (Å²) in [6.07, 6.45) is 0. The second-order valence-corrected chi connectivity index (χ2v) is 3.61. The predicted molar refractivity (Wildman–Crippen MR) is 71.3 cm³/mol. The first-order valence-corrected chi connectivity index (χ1v) is 5.36. The molecule has 0 bridgehead atoms. The third-order valence-corrected chi connectivity index (χ3v) is 2.11. The van der Waals surface area contributed by atoms with Crippen LogP contribution < -0.4 is 11.1 Å².